The van der Waals surface area contributed by atoms with E-state index in [4.69, 9.17) is 9.84 Å². The van der Waals surface area contributed by atoms with Gasteiger partial charge in [-0.25, -0.2) is 4.79 Å². The Balaban J connectivity index is 1.54. The molecular formula is C28H36N2O5. The number of amides is 2. The zero-order chi connectivity index (χ0) is 25.2. The third kappa shape index (κ3) is 7.31. The van der Waals surface area contributed by atoms with Gasteiger partial charge in [-0.05, 0) is 41.5 Å². The maximum atomic E-state index is 12.7. The molecule has 3 rings (SSSR count). The first-order valence-electron chi connectivity index (χ1n) is 12.5. The lowest BCUT2D eigenvalue weighted by Crippen LogP contribution is -2.40. The van der Waals surface area contributed by atoms with Crippen molar-refractivity contribution in [1.29, 1.82) is 0 Å². The summed E-state index contributed by atoms with van der Waals surface area (Å²) in [6.45, 7) is 2.80. The number of carboxylic acids is 1. The van der Waals surface area contributed by atoms with Gasteiger partial charge < -0.3 is 20.1 Å². The van der Waals surface area contributed by atoms with Crippen molar-refractivity contribution in [3.63, 3.8) is 0 Å². The van der Waals surface area contributed by atoms with Gasteiger partial charge in [0.2, 0.25) is 5.91 Å². The zero-order valence-electron chi connectivity index (χ0n) is 20.7. The van der Waals surface area contributed by atoms with Crippen molar-refractivity contribution in [2.75, 3.05) is 20.2 Å². The van der Waals surface area contributed by atoms with Crippen LogP contribution in [0.5, 0.6) is 0 Å². The first-order chi connectivity index (χ1) is 16.9. The SMILES string of the molecule is CCCC[C@@H](CC(=O)N(C)CCCCC(=O)O)NC(=O)OCC1c2ccccc2-c2ccccc21. The van der Waals surface area contributed by atoms with Gasteiger partial charge in [0, 0.05) is 38.4 Å². The number of hydrogen-bond acceptors (Lipinski definition) is 4. The van der Waals surface area contributed by atoms with Gasteiger partial charge in [0.1, 0.15) is 6.61 Å². The van der Waals surface area contributed by atoms with Crippen LogP contribution in [0.1, 0.15) is 68.9 Å². The van der Waals surface area contributed by atoms with E-state index in [0.29, 0.717) is 25.8 Å². The second-order valence-corrected chi connectivity index (χ2v) is 9.18. The van der Waals surface area contributed by atoms with Gasteiger partial charge in [0.25, 0.3) is 0 Å². The molecule has 1 atom stereocenters. The van der Waals surface area contributed by atoms with Crippen molar-refractivity contribution < 1.29 is 24.2 Å². The average molecular weight is 481 g/mol. The summed E-state index contributed by atoms with van der Waals surface area (Å²) in [6.07, 6.45) is 3.50. The Labute approximate surface area is 207 Å². The van der Waals surface area contributed by atoms with E-state index in [0.717, 1.165) is 24.0 Å². The molecule has 0 fully saturated rings. The van der Waals surface area contributed by atoms with Gasteiger partial charge in [-0.3, -0.25) is 9.59 Å². The lowest BCUT2D eigenvalue weighted by molar-refractivity contribution is -0.137. The standard InChI is InChI=1S/C28H36N2O5/c1-3-4-11-20(18-26(31)30(2)17-10-9-16-27(32)33)29-28(34)35-19-25-23-14-7-5-12-21(23)22-13-6-8-15-24(22)25/h5-8,12-15,20,25H,3-4,9-11,16-19H2,1-2H3,(H,29,34)(H,32,33)/t20-/m0/s1. The van der Waals surface area contributed by atoms with E-state index in [1.165, 1.54) is 11.1 Å². The highest BCUT2D eigenvalue weighted by atomic mass is 16.5. The second kappa shape index (κ2) is 12.9. The summed E-state index contributed by atoms with van der Waals surface area (Å²) in [4.78, 5) is 37.7. The molecule has 2 N–H and O–H groups in total. The smallest absolute Gasteiger partial charge is 0.407 e. The highest BCUT2D eigenvalue weighted by Gasteiger charge is 2.29. The van der Waals surface area contributed by atoms with Crippen molar-refractivity contribution in [3.05, 3.63) is 59.7 Å². The highest BCUT2D eigenvalue weighted by molar-refractivity contribution is 5.79. The van der Waals surface area contributed by atoms with Crippen LogP contribution in [0.25, 0.3) is 11.1 Å². The molecule has 1 aliphatic rings. The van der Waals surface area contributed by atoms with Crippen LogP contribution in [0.4, 0.5) is 4.79 Å². The van der Waals surface area contributed by atoms with Gasteiger partial charge in [-0.2, -0.15) is 0 Å². The maximum Gasteiger partial charge on any atom is 0.407 e. The predicted molar refractivity (Wildman–Crippen MR) is 135 cm³/mol. The Morgan fingerprint density at radius 2 is 1.63 bits per heavy atom. The molecule has 35 heavy (non-hydrogen) atoms. The predicted octanol–water partition coefficient (Wildman–Crippen LogP) is 5.19. The first-order valence-corrected chi connectivity index (χ1v) is 12.5. The summed E-state index contributed by atoms with van der Waals surface area (Å²) >= 11 is 0. The summed E-state index contributed by atoms with van der Waals surface area (Å²) in [5, 5.41) is 11.7. The fraction of sp³-hybridized carbons (Fsp3) is 0.464. The maximum absolute atomic E-state index is 12.7. The molecule has 7 heteroatoms. The molecule has 0 spiro atoms. The number of hydrogen-bond donors (Lipinski definition) is 2. The van der Waals surface area contributed by atoms with Crippen LogP contribution in [-0.4, -0.2) is 54.2 Å². The zero-order valence-corrected chi connectivity index (χ0v) is 20.7. The van der Waals surface area contributed by atoms with Crippen molar-refractivity contribution in [2.24, 2.45) is 0 Å². The lowest BCUT2D eigenvalue weighted by Gasteiger charge is -2.23. The quantitative estimate of drug-likeness (QED) is 0.385. The fourth-order valence-electron chi connectivity index (χ4n) is 4.60. The molecule has 0 aliphatic heterocycles. The Hall–Kier alpha value is -3.35. The number of unbranched alkanes of at least 4 members (excludes halogenated alkanes) is 2. The largest absolute Gasteiger partial charge is 0.481 e. The van der Waals surface area contributed by atoms with Crippen LogP contribution >= 0.6 is 0 Å². The van der Waals surface area contributed by atoms with Crippen molar-refractivity contribution >= 4 is 18.0 Å². The van der Waals surface area contributed by atoms with Crippen molar-refractivity contribution in [2.45, 2.75) is 63.8 Å². The number of nitrogens with one attached hydrogen (secondary N) is 1. The minimum absolute atomic E-state index is 0.0131. The number of alkyl carbamates (subject to hydrolysis) is 1. The number of fused-ring (bicyclic) bond motifs is 3. The molecule has 2 amide bonds. The van der Waals surface area contributed by atoms with Crippen LogP contribution < -0.4 is 5.32 Å². The normalized spacial score (nSPS) is 13.0. The van der Waals surface area contributed by atoms with Gasteiger partial charge in [-0.15, -0.1) is 0 Å². The number of nitrogens with zero attached hydrogens (tertiary/aromatic N) is 1. The third-order valence-electron chi connectivity index (χ3n) is 6.55. The lowest BCUT2D eigenvalue weighted by atomic mass is 9.98. The van der Waals surface area contributed by atoms with E-state index in [1.807, 2.05) is 24.3 Å². The Kier molecular flexibility index (Phi) is 9.70. The molecule has 0 saturated heterocycles. The summed E-state index contributed by atoms with van der Waals surface area (Å²) in [6, 6.07) is 16.1. The molecule has 7 nitrogen and oxygen atoms in total. The summed E-state index contributed by atoms with van der Waals surface area (Å²) in [5.74, 6) is -0.910. The van der Waals surface area contributed by atoms with Crippen molar-refractivity contribution in [3.8, 4) is 11.1 Å². The Morgan fingerprint density at radius 3 is 2.23 bits per heavy atom. The van der Waals surface area contributed by atoms with Crippen LogP contribution in [0.15, 0.2) is 48.5 Å². The van der Waals surface area contributed by atoms with Gasteiger partial charge >= 0.3 is 12.1 Å². The molecule has 0 radical (unpaired) electrons. The van der Waals surface area contributed by atoms with Gasteiger partial charge in [0.05, 0.1) is 0 Å². The number of carboxylic acid groups (broad SMARTS) is 1. The third-order valence-corrected chi connectivity index (χ3v) is 6.55. The number of rotatable bonds is 13. The Bertz CT molecular complexity index is 976. The molecule has 0 heterocycles. The van der Waals surface area contributed by atoms with Crippen LogP contribution in [0.2, 0.25) is 0 Å². The molecule has 0 aromatic heterocycles. The van der Waals surface area contributed by atoms with E-state index >= 15 is 0 Å². The Morgan fingerprint density at radius 1 is 1.00 bits per heavy atom. The highest BCUT2D eigenvalue weighted by Crippen LogP contribution is 2.44. The molecule has 0 saturated carbocycles. The van der Waals surface area contributed by atoms with Crippen LogP contribution in [-0.2, 0) is 14.3 Å². The van der Waals surface area contributed by atoms with Gasteiger partial charge in [-0.1, -0.05) is 68.3 Å². The molecule has 0 bridgehead atoms. The fourth-order valence-corrected chi connectivity index (χ4v) is 4.60. The molecule has 2 aromatic rings. The average Bonchev–Trinajstić information content (AvgIpc) is 3.17. The summed E-state index contributed by atoms with van der Waals surface area (Å²) in [7, 11) is 1.72. The monoisotopic (exact) mass is 480 g/mol. The molecule has 188 valence electrons. The number of ether oxygens (including phenoxy) is 1. The van der Waals surface area contributed by atoms with E-state index in [-0.39, 0.29) is 37.3 Å². The minimum Gasteiger partial charge on any atom is -0.481 e. The molecular weight excluding hydrogens is 444 g/mol. The topological polar surface area (TPSA) is 95.9 Å². The van der Waals surface area contributed by atoms with E-state index in [9.17, 15) is 14.4 Å². The van der Waals surface area contributed by atoms with E-state index < -0.39 is 12.1 Å². The number of carbonyl (C=O) groups excluding carboxylic acids is 2. The number of aliphatic carboxylic acids is 1. The van der Waals surface area contributed by atoms with Gasteiger partial charge in [0.15, 0.2) is 0 Å². The summed E-state index contributed by atoms with van der Waals surface area (Å²) in [5.41, 5.74) is 4.66. The van der Waals surface area contributed by atoms with E-state index in [2.05, 4.69) is 36.5 Å². The van der Waals surface area contributed by atoms with Crippen LogP contribution in [0, 0.1) is 0 Å². The first kappa shape index (κ1) is 26.3. The van der Waals surface area contributed by atoms with Crippen molar-refractivity contribution in [1.82, 2.24) is 10.2 Å². The van der Waals surface area contributed by atoms with E-state index in [1.54, 1.807) is 11.9 Å². The second-order valence-electron chi connectivity index (χ2n) is 9.18. The van der Waals surface area contributed by atoms with Crippen LogP contribution in [0.3, 0.4) is 0 Å². The molecule has 0 unspecified atom stereocenters. The minimum atomic E-state index is -0.828. The summed E-state index contributed by atoms with van der Waals surface area (Å²) < 4.78 is 5.66. The number of benzene rings is 2. The molecule has 2 aromatic carbocycles. The molecule has 1 aliphatic carbocycles. The number of carbonyl (C=O) groups is 3.